The zero-order chi connectivity index (χ0) is 17.5. The lowest BCUT2D eigenvalue weighted by Crippen LogP contribution is -2.38. The minimum atomic E-state index is -0.414. The number of hydrogen-bond donors (Lipinski definition) is 2. The maximum absolute atomic E-state index is 12.0. The van der Waals surface area contributed by atoms with E-state index in [-0.39, 0.29) is 29.0 Å². The Morgan fingerprint density at radius 1 is 1.04 bits per heavy atom. The van der Waals surface area contributed by atoms with Crippen LogP contribution in [0, 0.1) is 0 Å². The van der Waals surface area contributed by atoms with Gasteiger partial charge in [0.15, 0.2) is 0 Å². The van der Waals surface area contributed by atoms with Crippen LogP contribution in [0.2, 0.25) is 10.0 Å². The summed E-state index contributed by atoms with van der Waals surface area (Å²) in [6.45, 7) is 2.42. The van der Waals surface area contributed by atoms with Crippen molar-refractivity contribution in [1.82, 2.24) is 10.6 Å². The number of rotatable bonds is 6. The van der Waals surface area contributed by atoms with Crippen LogP contribution in [0.5, 0.6) is 0 Å². The third-order valence-corrected chi connectivity index (χ3v) is 4.11. The Balaban J connectivity index is 1.79. The van der Waals surface area contributed by atoms with E-state index >= 15 is 0 Å². The van der Waals surface area contributed by atoms with Crippen molar-refractivity contribution in [1.29, 1.82) is 0 Å². The second-order valence-corrected chi connectivity index (χ2v) is 6.27. The van der Waals surface area contributed by atoms with Gasteiger partial charge in [-0.1, -0.05) is 60.5 Å². The fourth-order valence-electron chi connectivity index (χ4n) is 2.16. The Morgan fingerprint density at radius 3 is 2.42 bits per heavy atom. The number of carbonyl (C=O) groups is 2. The molecule has 1 unspecified atom stereocenters. The van der Waals surface area contributed by atoms with Crippen molar-refractivity contribution in [3.8, 4) is 0 Å². The van der Waals surface area contributed by atoms with Gasteiger partial charge in [0.25, 0.3) is 5.91 Å². The Bertz CT molecular complexity index is 720. The van der Waals surface area contributed by atoms with Crippen LogP contribution in [-0.4, -0.2) is 24.9 Å². The molecule has 0 aliphatic carbocycles. The Labute approximate surface area is 151 Å². The summed E-state index contributed by atoms with van der Waals surface area (Å²) < 4.78 is 0. The zero-order valence-corrected chi connectivity index (χ0v) is 14.7. The van der Waals surface area contributed by atoms with Crippen LogP contribution in [-0.2, 0) is 4.79 Å². The predicted octanol–water partition coefficient (Wildman–Crippen LogP) is 3.64. The van der Waals surface area contributed by atoms with Crippen LogP contribution < -0.4 is 10.6 Å². The SMILES string of the molecule is CC(CNC(=O)CNC(=O)c1ccc(Cl)cc1Cl)c1ccccc1. The molecule has 4 nitrogen and oxygen atoms in total. The molecule has 0 radical (unpaired) electrons. The van der Waals surface area contributed by atoms with Gasteiger partial charge in [-0.3, -0.25) is 9.59 Å². The molecule has 2 rings (SSSR count). The fourth-order valence-corrected chi connectivity index (χ4v) is 2.65. The minimum Gasteiger partial charge on any atom is -0.354 e. The summed E-state index contributed by atoms with van der Waals surface area (Å²) in [7, 11) is 0. The van der Waals surface area contributed by atoms with Gasteiger partial charge in [-0.15, -0.1) is 0 Å². The second-order valence-electron chi connectivity index (χ2n) is 5.42. The molecule has 0 saturated carbocycles. The quantitative estimate of drug-likeness (QED) is 0.821. The molecule has 2 aromatic carbocycles. The monoisotopic (exact) mass is 364 g/mol. The molecule has 24 heavy (non-hydrogen) atoms. The maximum Gasteiger partial charge on any atom is 0.253 e. The van der Waals surface area contributed by atoms with Crippen molar-refractivity contribution in [3.05, 3.63) is 69.7 Å². The highest BCUT2D eigenvalue weighted by Gasteiger charge is 2.12. The first-order chi connectivity index (χ1) is 11.5. The molecule has 126 valence electrons. The highest BCUT2D eigenvalue weighted by molar-refractivity contribution is 6.36. The van der Waals surface area contributed by atoms with Gasteiger partial charge in [-0.05, 0) is 29.7 Å². The van der Waals surface area contributed by atoms with E-state index in [0.29, 0.717) is 11.6 Å². The zero-order valence-electron chi connectivity index (χ0n) is 13.2. The summed E-state index contributed by atoms with van der Waals surface area (Å²) in [5.74, 6) is -0.476. The third kappa shape index (κ3) is 5.25. The van der Waals surface area contributed by atoms with E-state index in [1.54, 1.807) is 6.07 Å². The molecule has 1 atom stereocenters. The normalized spacial score (nSPS) is 11.6. The lowest BCUT2D eigenvalue weighted by Gasteiger charge is -2.13. The molecular weight excluding hydrogens is 347 g/mol. The van der Waals surface area contributed by atoms with Crippen LogP contribution in [0.4, 0.5) is 0 Å². The van der Waals surface area contributed by atoms with Gasteiger partial charge in [0.05, 0.1) is 17.1 Å². The van der Waals surface area contributed by atoms with Crippen LogP contribution in [0.25, 0.3) is 0 Å². The van der Waals surface area contributed by atoms with E-state index in [2.05, 4.69) is 10.6 Å². The van der Waals surface area contributed by atoms with E-state index < -0.39 is 5.91 Å². The van der Waals surface area contributed by atoms with E-state index in [4.69, 9.17) is 23.2 Å². The van der Waals surface area contributed by atoms with Crippen molar-refractivity contribution in [2.75, 3.05) is 13.1 Å². The topological polar surface area (TPSA) is 58.2 Å². The Kier molecular flexibility index (Phi) is 6.64. The van der Waals surface area contributed by atoms with Crippen molar-refractivity contribution < 1.29 is 9.59 Å². The molecule has 6 heteroatoms. The molecule has 2 N–H and O–H groups in total. The van der Waals surface area contributed by atoms with E-state index in [0.717, 1.165) is 5.56 Å². The standard InChI is InChI=1S/C18H18Cl2N2O2/c1-12(13-5-3-2-4-6-13)10-21-17(23)11-22-18(24)15-8-7-14(19)9-16(15)20/h2-9,12H,10-11H2,1H3,(H,21,23)(H,22,24). The van der Waals surface area contributed by atoms with Crippen molar-refractivity contribution in [2.24, 2.45) is 0 Å². The average Bonchev–Trinajstić information content (AvgIpc) is 2.58. The number of nitrogens with one attached hydrogen (secondary N) is 2. The molecule has 0 spiro atoms. The van der Waals surface area contributed by atoms with E-state index in [1.807, 2.05) is 37.3 Å². The molecule has 0 heterocycles. The van der Waals surface area contributed by atoms with Gasteiger partial charge in [0.1, 0.15) is 0 Å². The van der Waals surface area contributed by atoms with Crippen LogP contribution in [0.3, 0.4) is 0 Å². The van der Waals surface area contributed by atoms with E-state index in [1.165, 1.54) is 12.1 Å². The van der Waals surface area contributed by atoms with Crippen molar-refractivity contribution >= 4 is 35.0 Å². The summed E-state index contributed by atoms with van der Waals surface area (Å²) in [6.07, 6.45) is 0. The number of halogens is 2. The molecular formula is C18H18Cl2N2O2. The minimum absolute atomic E-state index is 0.112. The highest BCUT2D eigenvalue weighted by Crippen LogP contribution is 2.20. The number of amides is 2. The molecule has 0 aliphatic rings. The summed E-state index contributed by atoms with van der Waals surface area (Å²) in [5.41, 5.74) is 1.43. The maximum atomic E-state index is 12.0. The van der Waals surface area contributed by atoms with Crippen LogP contribution in [0.15, 0.2) is 48.5 Å². The molecule has 2 aromatic rings. The molecule has 0 aromatic heterocycles. The van der Waals surface area contributed by atoms with Crippen molar-refractivity contribution in [2.45, 2.75) is 12.8 Å². The molecule has 2 amide bonds. The van der Waals surface area contributed by atoms with Crippen LogP contribution in [0.1, 0.15) is 28.8 Å². The first kappa shape index (κ1) is 18.3. The first-order valence-corrected chi connectivity index (χ1v) is 8.28. The van der Waals surface area contributed by atoms with Gasteiger partial charge in [0, 0.05) is 11.6 Å². The van der Waals surface area contributed by atoms with Gasteiger partial charge < -0.3 is 10.6 Å². The van der Waals surface area contributed by atoms with Crippen molar-refractivity contribution in [3.63, 3.8) is 0 Å². The predicted molar refractivity (Wildman–Crippen MR) is 96.7 cm³/mol. The molecule has 0 bridgehead atoms. The first-order valence-electron chi connectivity index (χ1n) is 7.52. The summed E-state index contributed by atoms with van der Waals surface area (Å²) in [5, 5.41) is 6.04. The molecule has 0 fully saturated rings. The Hall–Kier alpha value is -2.04. The summed E-state index contributed by atoms with van der Waals surface area (Å²) in [6, 6.07) is 14.5. The van der Waals surface area contributed by atoms with Gasteiger partial charge in [-0.25, -0.2) is 0 Å². The third-order valence-electron chi connectivity index (χ3n) is 3.56. The number of benzene rings is 2. The second kappa shape index (κ2) is 8.71. The molecule has 0 aliphatic heterocycles. The van der Waals surface area contributed by atoms with E-state index in [9.17, 15) is 9.59 Å². The summed E-state index contributed by atoms with van der Waals surface area (Å²) >= 11 is 11.8. The molecule has 0 saturated heterocycles. The largest absolute Gasteiger partial charge is 0.354 e. The average molecular weight is 365 g/mol. The number of carbonyl (C=O) groups excluding carboxylic acids is 2. The van der Waals surface area contributed by atoms with Gasteiger partial charge in [-0.2, -0.15) is 0 Å². The highest BCUT2D eigenvalue weighted by atomic mass is 35.5. The van der Waals surface area contributed by atoms with Gasteiger partial charge >= 0.3 is 0 Å². The lowest BCUT2D eigenvalue weighted by atomic mass is 10.0. The van der Waals surface area contributed by atoms with Crippen LogP contribution >= 0.6 is 23.2 Å². The number of hydrogen-bond acceptors (Lipinski definition) is 2. The fraction of sp³-hybridized carbons (Fsp3) is 0.222. The Morgan fingerprint density at radius 2 is 1.75 bits per heavy atom. The smallest absolute Gasteiger partial charge is 0.253 e. The van der Waals surface area contributed by atoms with Gasteiger partial charge in [0.2, 0.25) is 5.91 Å². The summed E-state index contributed by atoms with van der Waals surface area (Å²) in [4.78, 5) is 23.9. The lowest BCUT2D eigenvalue weighted by molar-refractivity contribution is -0.120.